The van der Waals surface area contributed by atoms with Crippen LogP contribution in [-0.4, -0.2) is 16.7 Å². The summed E-state index contributed by atoms with van der Waals surface area (Å²) in [6.07, 6.45) is 0. The molecule has 2 aliphatic rings. The average molecular weight is 563 g/mol. The molecule has 2 N–H and O–H groups in total. The number of hydrogen-bond donors (Lipinski definition) is 2. The number of carbonyl (C=O) groups excluding carboxylic acids is 1. The van der Waals surface area contributed by atoms with Crippen LogP contribution in [-0.2, 0) is 4.79 Å². The summed E-state index contributed by atoms with van der Waals surface area (Å²) in [6.45, 7) is 1.88. The molecule has 3 aromatic rings. The Kier molecular flexibility index (Phi) is 5.77. The summed E-state index contributed by atoms with van der Waals surface area (Å²) in [5.41, 5.74) is 1.11. The van der Waals surface area contributed by atoms with E-state index in [-0.39, 0.29) is 5.91 Å². The van der Waals surface area contributed by atoms with Crippen molar-refractivity contribution in [2.45, 2.75) is 18.7 Å². The van der Waals surface area contributed by atoms with Gasteiger partial charge in [-0.15, -0.1) is 0 Å². The van der Waals surface area contributed by atoms with Crippen molar-refractivity contribution in [3.8, 4) is 5.75 Å². The number of nitrogens with one attached hydrogen (secondary N) is 2. The molecule has 9 heteroatoms. The van der Waals surface area contributed by atoms with Gasteiger partial charge in [-0.1, -0.05) is 45.2 Å². The summed E-state index contributed by atoms with van der Waals surface area (Å²) in [6, 6.07) is 19.7. The van der Waals surface area contributed by atoms with E-state index in [9.17, 15) is 4.79 Å². The van der Waals surface area contributed by atoms with Gasteiger partial charge in [-0.25, -0.2) is 0 Å². The number of thiocarbonyl (C=S) groups is 1. The van der Waals surface area contributed by atoms with E-state index < -0.39 is 17.7 Å². The lowest BCUT2D eigenvalue weighted by Crippen LogP contribution is -2.72. The number of nitrogens with zero attached hydrogens (tertiary/aromatic N) is 1. The molecule has 1 amide bonds. The summed E-state index contributed by atoms with van der Waals surface area (Å²) >= 11 is 21.6. The van der Waals surface area contributed by atoms with Crippen LogP contribution in [0.25, 0.3) is 0 Å². The number of fused-ring (bicyclic) bond motifs is 4. The third kappa shape index (κ3) is 3.97. The van der Waals surface area contributed by atoms with Crippen LogP contribution in [0.15, 0.2) is 71.2 Å². The smallest absolute Gasteiger partial charge is 0.236 e. The largest absolute Gasteiger partial charge is 0.467 e. The highest BCUT2D eigenvalue weighted by Crippen LogP contribution is 2.50. The van der Waals surface area contributed by atoms with Crippen LogP contribution in [0, 0.1) is 5.92 Å². The molecule has 2 aliphatic heterocycles. The van der Waals surface area contributed by atoms with E-state index >= 15 is 0 Å². The molecule has 0 radical (unpaired) electrons. The van der Waals surface area contributed by atoms with E-state index in [4.69, 9.17) is 40.2 Å². The first-order valence-electron chi connectivity index (χ1n) is 10.2. The summed E-state index contributed by atoms with van der Waals surface area (Å²) in [5, 5.41) is 7.99. The minimum absolute atomic E-state index is 0.211. The predicted molar refractivity (Wildman–Crippen MR) is 139 cm³/mol. The molecule has 0 unspecified atom stereocenters. The molecule has 2 heterocycles. The fourth-order valence-electron chi connectivity index (χ4n) is 4.51. The highest BCUT2D eigenvalue weighted by molar-refractivity contribution is 9.10. The summed E-state index contributed by atoms with van der Waals surface area (Å²) in [7, 11) is 0. The van der Waals surface area contributed by atoms with Gasteiger partial charge < -0.3 is 15.4 Å². The Hall–Kier alpha value is -2.32. The molecule has 0 aliphatic carbocycles. The van der Waals surface area contributed by atoms with Crippen molar-refractivity contribution in [2.75, 3.05) is 10.2 Å². The van der Waals surface area contributed by atoms with Gasteiger partial charge in [-0.3, -0.25) is 9.69 Å². The number of amides is 1. The van der Waals surface area contributed by atoms with E-state index in [0.717, 1.165) is 15.7 Å². The minimum atomic E-state index is -1.12. The monoisotopic (exact) mass is 561 g/mol. The topological polar surface area (TPSA) is 53.6 Å². The van der Waals surface area contributed by atoms with Gasteiger partial charge in [-0.2, -0.15) is 0 Å². The lowest BCUT2D eigenvalue weighted by Gasteiger charge is -2.56. The molecule has 3 aromatic carbocycles. The van der Waals surface area contributed by atoms with Gasteiger partial charge >= 0.3 is 0 Å². The maximum Gasteiger partial charge on any atom is 0.236 e. The molecule has 168 valence electrons. The van der Waals surface area contributed by atoms with Gasteiger partial charge in [-0.05, 0) is 79.8 Å². The van der Waals surface area contributed by atoms with Gasteiger partial charge in [0.25, 0.3) is 0 Å². The van der Waals surface area contributed by atoms with Gasteiger partial charge in [0, 0.05) is 31.5 Å². The molecule has 1 saturated heterocycles. The van der Waals surface area contributed by atoms with Gasteiger partial charge in [0.1, 0.15) is 11.7 Å². The highest BCUT2D eigenvalue weighted by atomic mass is 79.9. The van der Waals surface area contributed by atoms with E-state index in [1.807, 2.05) is 42.2 Å². The molecule has 5 nitrogen and oxygen atoms in total. The molecular weight excluding hydrogens is 545 g/mol. The molecule has 33 heavy (non-hydrogen) atoms. The zero-order valence-electron chi connectivity index (χ0n) is 17.3. The van der Waals surface area contributed by atoms with Crippen molar-refractivity contribution in [1.82, 2.24) is 5.32 Å². The second-order valence-electron chi connectivity index (χ2n) is 8.06. The summed E-state index contributed by atoms with van der Waals surface area (Å²) in [4.78, 5) is 15.6. The lowest BCUT2D eigenvalue weighted by molar-refractivity contribution is -0.130. The first-order chi connectivity index (χ1) is 15.8. The fraction of sp³-hybridized carbons (Fsp3) is 0.167. The van der Waals surface area contributed by atoms with E-state index in [1.54, 1.807) is 36.4 Å². The quantitative estimate of drug-likeness (QED) is 0.354. The van der Waals surface area contributed by atoms with Crippen molar-refractivity contribution in [3.05, 3.63) is 86.8 Å². The Morgan fingerprint density at radius 3 is 2.61 bits per heavy atom. The van der Waals surface area contributed by atoms with Crippen molar-refractivity contribution in [1.29, 1.82) is 0 Å². The van der Waals surface area contributed by atoms with Crippen molar-refractivity contribution < 1.29 is 9.53 Å². The number of halogens is 3. The molecule has 0 spiro atoms. The zero-order chi connectivity index (χ0) is 23.3. The fourth-order valence-corrected chi connectivity index (χ4v) is 5.61. The molecule has 5 rings (SSSR count). The van der Waals surface area contributed by atoms with Crippen LogP contribution in [0.4, 0.5) is 11.4 Å². The van der Waals surface area contributed by atoms with Crippen LogP contribution < -0.4 is 20.3 Å². The standard InChI is InChI=1S/C24H18BrCl2N3O2S/c1-24-20(22(31)28-16-8-6-14(26)7-9-16)21(18-11-13(25)5-10-19(18)32-24)29-23(33)30(24)17-4-2-3-15(27)12-17/h2-12,20-21H,1H3,(H,28,31)(H,29,33)/t20-,21-,24+/m1/s1. The van der Waals surface area contributed by atoms with Crippen molar-refractivity contribution >= 4 is 73.7 Å². The Balaban J connectivity index is 1.63. The van der Waals surface area contributed by atoms with Crippen LogP contribution >= 0.6 is 51.3 Å². The maximum absolute atomic E-state index is 13.7. The van der Waals surface area contributed by atoms with Crippen LogP contribution in [0.3, 0.4) is 0 Å². The molecular formula is C24H18BrCl2N3O2S. The first kappa shape index (κ1) is 22.5. The number of anilines is 2. The van der Waals surface area contributed by atoms with E-state index in [2.05, 4.69) is 26.6 Å². The maximum atomic E-state index is 13.7. The minimum Gasteiger partial charge on any atom is -0.467 e. The van der Waals surface area contributed by atoms with Crippen molar-refractivity contribution in [2.24, 2.45) is 5.92 Å². The van der Waals surface area contributed by atoms with Gasteiger partial charge in [0.15, 0.2) is 10.8 Å². The molecule has 0 saturated carbocycles. The van der Waals surface area contributed by atoms with Gasteiger partial charge in [0.2, 0.25) is 5.91 Å². The Bertz CT molecular complexity index is 1270. The van der Waals surface area contributed by atoms with Crippen LogP contribution in [0.5, 0.6) is 5.75 Å². The van der Waals surface area contributed by atoms with Gasteiger partial charge in [0.05, 0.1) is 6.04 Å². The number of hydrogen-bond acceptors (Lipinski definition) is 3. The van der Waals surface area contributed by atoms with Crippen molar-refractivity contribution in [3.63, 3.8) is 0 Å². The lowest BCUT2D eigenvalue weighted by atomic mass is 9.78. The Morgan fingerprint density at radius 2 is 1.88 bits per heavy atom. The normalized spacial score (nSPS) is 23.3. The number of carbonyl (C=O) groups is 1. The van der Waals surface area contributed by atoms with Crippen LogP contribution in [0.1, 0.15) is 18.5 Å². The number of benzene rings is 3. The third-order valence-electron chi connectivity index (χ3n) is 5.92. The molecule has 1 fully saturated rings. The summed E-state index contributed by atoms with van der Waals surface area (Å²) < 4.78 is 7.45. The Labute approximate surface area is 215 Å². The number of ether oxygens (including phenoxy) is 1. The van der Waals surface area contributed by atoms with E-state index in [0.29, 0.717) is 26.6 Å². The second kappa shape index (κ2) is 8.47. The average Bonchev–Trinajstić information content (AvgIpc) is 2.75. The first-order valence-corrected chi connectivity index (χ1v) is 12.1. The zero-order valence-corrected chi connectivity index (χ0v) is 21.2. The predicted octanol–water partition coefficient (Wildman–Crippen LogP) is 6.56. The Morgan fingerprint density at radius 1 is 1.12 bits per heavy atom. The van der Waals surface area contributed by atoms with E-state index in [1.165, 1.54) is 0 Å². The molecule has 3 atom stereocenters. The second-order valence-corrected chi connectivity index (χ2v) is 10.2. The summed E-state index contributed by atoms with van der Waals surface area (Å²) in [5.74, 6) is -0.179. The third-order valence-corrected chi connectivity index (χ3v) is 7.20. The molecule has 2 bridgehead atoms. The molecule has 0 aromatic heterocycles. The SMILES string of the molecule is C[C@@]12Oc3ccc(Br)cc3[C@@H](NC(=S)N1c1cccc(Cl)c1)[C@@H]2C(=O)Nc1ccc(Cl)cc1. The highest BCUT2D eigenvalue weighted by Gasteiger charge is 2.59. The van der Waals surface area contributed by atoms with Crippen LogP contribution in [0.2, 0.25) is 10.0 Å². The number of rotatable bonds is 3.